The van der Waals surface area contributed by atoms with Crippen LogP contribution in [0.1, 0.15) is 30.7 Å². The standard InChI is InChI=1S/C17H18BrFN2O/c1-17(2)9-20-13-7-11(16(18)21-15(13)17)6-10-4-5-12(19)8-14(10)22-3/h4-5,7-8,20H,6,9H2,1-3H3. The van der Waals surface area contributed by atoms with Crippen LogP contribution in [0.15, 0.2) is 28.9 Å². The number of rotatable bonds is 3. The Morgan fingerprint density at radius 3 is 2.82 bits per heavy atom. The van der Waals surface area contributed by atoms with Crippen molar-refractivity contribution in [1.82, 2.24) is 4.98 Å². The molecule has 2 aromatic rings. The second-order valence-electron chi connectivity index (χ2n) is 6.20. The zero-order valence-electron chi connectivity index (χ0n) is 12.8. The predicted octanol–water partition coefficient (Wildman–Crippen LogP) is 4.29. The van der Waals surface area contributed by atoms with Gasteiger partial charge in [-0.2, -0.15) is 0 Å². The average Bonchev–Trinajstić information content (AvgIpc) is 2.76. The number of anilines is 1. The van der Waals surface area contributed by atoms with E-state index in [0.29, 0.717) is 12.2 Å². The fourth-order valence-electron chi connectivity index (χ4n) is 2.78. The first-order valence-electron chi connectivity index (χ1n) is 7.17. The van der Waals surface area contributed by atoms with Crippen molar-refractivity contribution < 1.29 is 9.13 Å². The van der Waals surface area contributed by atoms with E-state index in [2.05, 4.69) is 41.2 Å². The van der Waals surface area contributed by atoms with E-state index in [-0.39, 0.29) is 11.2 Å². The summed E-state index contributed by atoms with van der Waals surface area (Å²) in [6.45, 7) is 5.23. The highest BCUT2D eigenvalue weighted by atomic mass is 79.9. The van der Waals surface area contributed by atoms with Crippen molar-refractivity contribution in [2.24, 2.45) is 0 Å². The molecule has 22 heavy (non-hydrogen) atoms. The van der Waals surface area contributed by atoms with E-state index in [1.807, 2.05) is 0 Å². The maximum atomic E-state index is 13.3. The van der Waals surface area contributed by atoms with Gasteiger partial charge in [0.1, 0.15) is 16.2 Å². The van der Waals surface area contributed by atoms with E-state index in [4.69, 9.17) is 9.72 Å². The topological polar surface area (TPSA) is 34.1 Å². The second-order valence-corrected chi connectivity index (χ2v) is 6.96. The lowest BCUT2D eigenvalue weighted by Crippen LogP contribution is -2.20. The minimum atomic E-state index is -0.296. The maximum Gasteiger partial charge on any atom is 0.126 e. The molecule has 0 spiro atoms. The summed E-state index contributed by atoms with van der Waals surface area (Å²) in [5.41, 5.74) is 4.17. The molecule has 116 valence electrons. The van der Waals surface area contributed by atoms with Gasteiger partial charge < -0.3 is 10.1 Å². The Labute approximate surface area is 138 Å². The number of halogens is 2. The van der Waals surface area contributed by atoms with Gasteiger partial charge in [-0.15, -0.1) is 0 Å². The summed E-state index contributed by atoms with van der Waals surface area (Å²) in [6.07, 6.45) is 0.631. The Morgan fingerprint density at radius 2 is 2.09 bits per heavy atom. The molecule has 3 rings (SSSR count). The lowest BCUT2D eigenvalue weighted by atomic mass is 9.91. The number of hydrogen-bond donors (Lipinski definition) is 1. The van der Waals surface area contributed by atoms with Gasteiger partial charge in [-0.25, -0.2) is 9.37 Å². The Bertz CT molecular complexity index is 731. The highest BCUT2D eigenvalue weighted by molar-refractivity contribution is 9.10. The van der Waals surface area contributed by atoms with Crippen LogP contribution >= 0.6 is 15.9 Å². The molecule has 1 aromatic carbocycles. The van der Waals surface area contributed by atoms with E-state index < -0.39 is 0 Å². The third-order valence-electron chi connectivity index (χ3n) is 4.04. The van der Waals surface area contributed by atoms with Gasteiger partial charge in [-0.3, -0.25) is 0 Å². The average molecular weight is 365 g/mol. The highest BCUT2D eigenvalue weighted by Gasteiger charge is 2.32. The van der Waals surface area contributed by atoms with Crippen LogP contribution in [0.3, 0.4) is 0 Å². The van der Waals surface area contributed by atoms with Crippen molar-refractivity contribution in [3.8, 4) is 5.75 Å². The van der Waals surface area contributed by atoms with E-state index in [1.165, 1.54) is 12.1 Å². The summed E-state index contributed by atoms with van der Waals surface area (Å²) in [4.78, 5) is 4.71. The lowest BCUT2D eigenvalue weighted by Gasteiger charge is -2.17. The molecule has 1 aromatic heterocycles. The highest BCUT2D eigenvalue weighted by Crippen LogP contribution is 2.37. The zero-order chi connectivity index (χ0) is 15.9. The summed E-state index contributed by atoms with van der Waals surface area (Å²) in [6, 6.07) is 6.73. The molecule has 0 aliphatic carbocycles. The van der Waals surface area contributed by atoms with E-state index in [9.17, 15) is 4.39 Å². The van der Waals surface area contributed by atoms with Crippen LogP contribution in [0.5, 0.6) is 5.75 Å². The Kier molecular flexibility index (Phi) is 3.85. The number of aromatic nitrogens is 1. The quantitative estimate of drug-likeness (QED) is 0.825. The van der Waals surface area contributed by atoms with Crippen LogP contribution in [-0.2, 0) is 11.8 Å². The fourth-order valence-corrected chi connectivity index (χ4v) is 3.21. The summed E-state index contributed by atoms with van der Waals surface area (Å²) in [5, 5.41) is 3.41. The summed E-state index contributed by atoms with van der Waals surface area (Å²) < 4.78 is 19.4. The molecule has 0 bridgehead atoms. The van der Waals surface area contributed by atoms with Gasteiger partial charge in [0.2, 0.25) is 0 Å². The van der Waals surface area contributed by atoms with Crippen LogP contribution < -0.4 is 10.1 Å². The van der Waals surface area contributed by atoms with Crippen LogP contribution in [0.4, 0.5) is 10.1 Å². The molecular weight excluding hydrogens is 347 g/mol. The molecule has 0 saturated heterocycles. The Hall–Kier alpha value is -1.62. The molecule has 0 atom stereocenters. The molecule has 3 nitrogen and oxygen atoms in total. The Morgan fingerprint density at radius 1 is 1.32 bits per heavy atom. The minimum absolute atomic E-state index is 0.0317. The van der Waals surface area contributed by atoms with Crippen molar-refractivity contribution in [1.29, 1.82) is 0 Å². The number of nitrogens with zero attached hydrogens (tertiary/aromatic N) is 1. The van der Waals surface area contributed by atoms with E-state index >= 15 is 0 Å². The number of ether oxygens (including phenoxy) is 1. The molecule has 1 N–H and O–H groups in total. The Balaban J connectivity index is 1.98. The van der Waals surface area contributed by atoms with Gasteiger partial charge in [-0.1, -0.05) is 19.9 Å². The summed E-state index contributed by atoms with van der Waals surface area (Å²) in [7, 11) is 1.55. The molecule has 0 fully saturated rings. The largest absolute Gasteiger partial charge is 0.496 e. The number of pyridine rings is 1. The first-order chi connectivity index (χ1) is 10.4. The maximum absolute atomic E-state index is 13.3. The van der Waals surface area contributed by atoms with Crippen LogP contribution in [0.2, 0.25) is 0 Å². The van der Waals surface area contributed by atoms with Crippen molar-refractivity contribution in [2.75, 3.05) is 19.0 Å². The van der Waals surface area contributed by atoms with Gasteiger partial charge in [0.15, 0.2) is 0 Å². The van der Waals surface area contributed by atoms with Gasteiger partial charge in [0, 0.05) is 24.4 Å². The first-order valence-corrected chi connectivity index (χ1v) is 7.96. The van der Waals surface area contributed by atoms with Gasteiger partial charge >= 0.3 is 0 Å². The van der Waals surface area contributed by atoms with E-state index in [1.54, 1.807) is 13.2 Å². The van der Waals surface area contributed by atoms with Crippen LogP contribution in [-0.4, -0.2) is 18.6 Å². The van der Waals surface area contributed by atoms with Gasteiger partial charge in [0.25, 0.3) is 0 Å². The first kappa shape index (κ1) is 15.3. The molecule has 0 amide bonds. The molecular formula is C17H18BrFN2O. The minimum Gasteiger partial charge on any atom is -0.496 e. The number of methoxy groups -OCH3 is 1. The zero-order valence-corrected chi connectivity index (χ0v) is 14.4. The van der Waals surface area contributed by atoms with Gasteiger partial charge in [-0.05, 0) is 39.2 Å². The van der Waals surface area contributed by atoms with E-state index in [0.717, 1.165) is 33.7 Å². The normalized spacial score (nSPS) is 15.3. The van der Waals surface area contributed by atoms with Gasteiger partial charge in [0.05, 0.1) is 18.5 Å². The van der Waals surface area contributed by atoms with Crippen molar-refractivity contribution in [3.63, 3.8) is 0 Å². The smallest absolute Gasteiger partial charge is 0.126 e. The SMILES string of the molecule is COc1cc(F)ccc1Cc1cc2c(nc1Br)C(C)(C)CN2. The molecule has 0 radical (unpaired) electrons. The second kappa shape index (κ2) is 5.54. The van der Waals surface area contributed by atoms with Crippen LogP contribution in [0, 0.1) is 5.82 Å². The molecule has 1 aliphatic rings. The lowest BCUT2D eigenvalue weighted by molar-refractivity contribution is 0.407. The van der Waals surface area contributed by atoms with Crippen molar-refractivity contribution in [2.45, 2.75) is 25.7 Å². The number of hydrogen-bond acceptors (Lipinski definition) is 3. The molecule has 0 unspecified atom stereocenters. The molecule has 1 aliphatic heterocycles. The monoisotopic (exact) mass is 364 g/mol. The van der Waals surface area contributed by atoms with Crippen LogP contribution in [0.25, 0.3) is 0 Å². The van der Waals surface area contributed by atoms with Crippen molar-refractivity contribution >= 4 is 21.6 Å². The summed E-state index contributed by atoms with van der Waals surface area (Å²) >= 11 is 3.57. The van der Waals surface area contributed by atoms with Crippen molar-refractivity contribution in [3.05, 3.63) is 51.5 Å². The fraction of sp³-hybridized carbons (Fsp3) is 0.353. The molecule has 2 heterocycles. The third-order valence-corrected chi connectivity index (χ3v) is 4.73. The summed E-state index contributed by atoms with van der Waals surface area (Å²) in [5.74, 6) is 0.260. The number of benzene rings is 1. The molecule has 5 heteroatoms. The molecule has 0 saturated carbocycles. The third kappa shape index (κ3) is 2.70. The number of nitrogens with one attached hydrogen (secondary N) is 1. The number of fused-ring (bicyclic) bond motifs is 1. The predicted molar refractivity (Wildman–Crippen MR) is 89.2 cm³/mol.